The monoisotopic (exact) mass is 492 g/mol. The summed E-state index contributed by atoms with van der Waals surface area (Å²) in [5.41, 5.74) is 2.90. The summed E-state index contributed by atoms with van der Waals surface area (Å²) in [6.07, 6.45) is -0.0914. The molecule has 2 atom stereocenters. The molecule has 7 heteroatoms. The molecule has 35 heavy (non-hydrogen) atoms. The number of para-hydroxylation sites is 1. The molecular weight excluding hydrogens is 464 g/mol. The zero-order chi connectivity index (χ0) is 24.4. The standard InChI is InChI=1S/C28H29ClN2O4/c1-3-31(26(18-29)30-15-16-33-4-2)19-13-14-25-23(17-19)28(22-11-7-8-12-24(22)34-25)21-10-6-5-9-20(21)27(32)35-28/h5-14,17,26,30H,3-4,15-16,18H2,1-2H3. The number of halogens is 1. The van der Waals surface area contributed by atoms with E-state index in [1.807, 2.05) is 67.6 Å². The van der Waals surface area contributed by atoms with Gasteiger partial charge in [-0.15, -0.1) is 11.6 Å². The minimum atomic E-state index is -1.08. The Morgan fingerprint density at radius 3 is 2.51 bits per heavy atom. The zero-order valence-electron chi connectivity index (χ0n) is 19.9. The van der Waals surface area contributed by atoms with E-state index in [-0.39, 0.29) is 12.1 Å². The predicted molar refractivity (Wildman–Crippen MR) is 137 cm³/mol. The van der Waals surface area contributed by atoms with Crippen LogP contribution in [0.4, 0.5) is 5.69 Å². The molecule has 1 N–H and O–H groups in total. The van der Waals surface area contributed by atoms with Crippen molar-refractivity contribution in [1.82, 2.24) is 5.32 Å². The van der Waals surface area contributed by atoms with Crippen molar-refractivity contribution in [2.75, 3.05) is 37.1 Å². The van der Waals surface area contributed by atoms with Gasteiger partial charge in [0.25, 0.3) is 0 Å². The number of alkyl halides is 1. The van der Waals surface area contributed by atoms with Crippen LogP contribution >= 0.6 is 11.6 Å². The lowest BCUT2D eigenvalue weighted by Crippen LogP contribution is -2.48. The number of ether oxygens (including phenoxy) is 3. The molecule has 0 bridgehead atoms. The van der Waals surface area contributed by atoms with Gasteiger partial charge in [-0.05, 0) is 44.2 Å². The fourth-order valence-electron chi connectivity index (χ4n) is 5.06. The number of nitrogens with zero attached hydrogens (tertiary/aromatic N) is 1. The average molecular weight is 493 g/mol. The lowest BCUT2D eigenvalue weighted by atomic mass is 9.77. The second-order valence-electron chi connectivity index (χ2n) is 8.50. The molecule has 2 unspecified atom stereocenters. The number of carbonyl (C=O) groups is 1. The van der Waals surface area contributed by atoms with Gasteiger partial charge < -0.3 is 19.1 Å². The number of anilines is 1. The predicted octanol–water partition coefficient (Wildman–Crippen LogP) is 5.27. The lowest BCUT2D eigenvalue weighted by Gasteiger charge is -2.38. The van der Waals surface area contributed by atoms with E-state index < -0.39 is 5.60 Å². The van der Waals surface area contributed by atoms with Crippen LogP contribution in [0.25, 0.3) is 0 Å². The molecule has 0 aromatic heterocycles. The maximum absolute atomic E-state index is 13.0. The molecule has 2 aliphatic heterocycles. The van der Waals surface area contributed by atoms with Crippen LogP contribution in [0.15, 0.2) is 66.7 Å². The van der Waals surface area contributed by atoms with Crippen LogP contribution < -0.4 is 15.0 Å². The first-order valence-corrected chi connectivity index (χ1v) is 12.6. The van der Waals surface area contributed by atoms with Crippen LogP contribution in [-0.2, 0) is 15.1 Å². The van der Waals surface area contributed by atoms with E-state index in [2.05, 4.69) is 23.2 Å². The molecule has 5 rings (SSSR count). The molecule has 0 saturated heterocycles. The summed E-state index contributed by atoms with van der Waals surface area (Å²) >= 11 is 6.38. The lowest BCUT2D eigenvalue weighted by molar-refractivity contribution is 0.0224. The summed E-state index contributed by atoms with van der Waals surface area (Å²) in [6, 6.07) is 21.4. The summed E-state index contributed by atoms with van der Waals surface area (Å²) in [5.74, 6) is 1.41. The van der Waals surface area contributed by atoms with E-state index in [1.165, 1.54) is 0 Å². The molecule has 2 aliphatic rings. The normalized spacial score (nSPS) is 18.3. The van der Waals surface area contributed by atoms with Crippen molar-refractivity contribution in [1.29, 1.82) is 0 Å². The summed E-state index contributed by atoms with van der Waals surface area (Å²) in [7, 11) is 0. The third kappa shape index (κ3) is 3.96. The van der Waals surface area contributed by atoms with Crippen LogP contribution in [0.2, 0.25) is 0 Å². The Hall–Kier alpha value is -3.06. The molecule has 0 amide bonds. The molecule has 2 heterocycles. The van der Waals surface area contributed by atoms with Crippen molar-refractivity contribution in [2.45, 2.75) is 25.6 Å². The fraction of sp³-hybridized carbons (Fsp3) is 0.321. The van der Waals surface area contributed by atoms with Gasteiger partial charge in [-0.25, -0.2) is 4.79 Å². The summed E-state index contributed by atoms with van der Waals surface area (Å²) in [5, 5.41) is 3.49. The molecular formula is C28H29ClN2O4. The smallest absolute Gasteiger partial charge is 0.340 e. The van der Waals surface area contributed by atoms with Gasteiger partial charge in [0.15, 0.2) is 5.60 Å². The number of esters is 1. The van der Waals surface area contributed by atoms with Crippen LogP contribution in [0.5, 0.6) is 11.5 Å². The Labute approximate surface area is 210 Å². The van der Waals surface area contributed by atoms with Gasteiger partial charge in [-0.1, -0.05) is 36.4 Å². The SMILES string of the molecule is CCOCCNC(CCl)N(CC)c1ccc2c(c1)C1(OC(=O)c3ccccc31)c1ccccc1O2. The van der Waals surface area contributed by atoms with E-state index in [9.17, 15) is 4.79 Å². The highest BCUT2D eigenvalue weighted by Crippen LogP contribution is 2.56. The third-order valence-electron chi connectivity index (χ3n) is 6.63. The first kappa shape index (κ1) is 23.7. The Bertz CT molecular complexity index is 1230. The van der Waals surface area contributed by atoms with Crippen molar-refractivity contribution < 1.29 is 19.0 Å². The number of nitrogens with one attached hydrogen (secondary N) is 1. The Morgan fingerprint density at radius 2 is 1.74 bits per heavy atom. The summed E-state index contributed by atoms with van der Waals surface area (Å²) < 4.78 is 18.0. The van der Waals surface area contributed by atoms with Crippen molar-refractivity contribution >= 4 is 23.3 Å². The molecule has 1 spiro atoms. The first-order valence-electron chi connectivity index (χ1n) is 12.0. The average Bonchev–Trinajstić information content (AvgIpc) is 3.19. The largest absolute Gasteiger partial charge is 0.456 e. The number of benzene rings is 3. The highest BCUT2D eigenvalue weighted by atomic mass is 35.5. The third-order valence-corrected chi connectivity index (χ3v) is 6.92. The Morgan fingerprint density at radius 1 is 1.00 bits per heavy atom. The molecule has 0 fully saturated rings. The van der Waals surface area contributed by atoms with E-state index in [4.69, 9.17) is 25.8 Å². The van der Waals surface area contributed by atoms with Crippen LogP contribution in [0, 0.1) is 0 Å². The number of carbonyl (C=O) groups excluding carboxylic acids is 1. The van der Waals surface area contributed by atoms with Gasteiger partial charge in [0, 0.05) is 42.1 Å². The second-order valence-corrected chi connectivity index (χ2v) is 8.81. The fourth-order valence-corrected chi connectivity index (χ4v) is 5.34. The van der Waals surface area contributed by atoms with Gasteiger partial charge in [-0.3, -0.25) is 5.32 Å². The number of rotatable bonds is 9. The van der Waals surface area contributed by atoms with E-state index in [1.54, 1.807) is 0 Å². The second kappa shape index (κ2) is 9.90. The number of fused-ring (bicyclic) bond motifs is 6. The van der Waals surface area contributed by atoms with Crippen LogP contribution in [-0.4, -0.2) is 44.3 Å². The van der Waals surface area contributed by atoms with Gasteiger partial charge in [0.2, 0.25) is 0 Å². The summed E-state index contributed by atoms with van der Waals surface area (Å²) in [4.78, 5) is 15.3. The quantitative estimate of drug-likeness (QED) is 0.190. The molecule has 3 aromatic rings. The van der Waals surface area contributed by atoms with E-state index in [0.717, 1.165) is 28.9 Å². The van der Waals surface area contributed by atoms with Crippen molar-refractivity contribution in [2.24, 2.45) is 0 Å². The Balaban J connectivity index is 1.61. The molecule has 0 radical (unpaired) electrons. The minimum absolute atomic E-state index is 0.0914. The van der Waals surface area contributed by atoms with Crippen molar-refractivity contribution in [3.63, 3.8) is 0 Å². The topological polar surface area (TPSA) is 60.0 Å². The zero-order valence-corrected chi connectivity index (χ0v) is 20.7. The van der Waals surface area contributed by atoms with E-state index >= 15 is 0 Å². The van der Waals surface area contributed by atoms with Gasteiger partial charge in [-0.2, -0.15) is 0 Å². The number of hydrogen-bond donors (Lipinski definition) is 1. The maximum atomic E-state index is 13.0. The van der Waals surface area contributed by atoms with Gasteiger partial charge in [0.1, 0.15) is 11.5 Å². The van der Waals surface area contributed by atoms with Crippen LogP contribution in [0.1, 0.15) is 40.9 Å². The highest BCUT2D eigenvalue weighted by Gasteiger charge is 2.53. The van der Waals surface area contributed by atoms with Crippen molar-refractivity contribution in [3.05, 3.63) is 89.0 Å². The Kier molecular flexibility index (Phi) is 6.69. The molecule has 0 aliphatic carbocycles. The molecule has 3 aromatic carbocycles. The maximum Gasteiger partial charge on any atom is 0.340 e. The van der Waals surface area contributed by atoms with Gasteiger partial charge in [0.05, 0.1) is 24.2 Å². The van der Waals surface area contributed by atoms with Gasteiger partial charge >= 0.3 is 5.97 Å². The number of hydrogen-bond acceptors (Lipinski definition) is 6. The molecule has 0 saturated carbocycles. The van der Waals surface area contributed by atoms with E-state index in [0.29, 0.717) is 42.7 Å². The highest BCUT2D eigenvalue weighted by molar-refractivity contribution is 6.18. The van der Waals surface area contributed by atoms with Crippen molar-refractivity contribution in [3.8, 4) is 11.5 Å². The first-order chi connectivity index (χ1) is 17.1. The minimum Gasteiger partial charge on any atom is -0.456 e. The van der Waals surface area contributed by atoms with Crippen LogP contribution in [0.3, 0.4) is 0 Å². The molecule has 182 valence electrons. The molecule has 6 nitrogen and oxygen atoms in total. The summed E-state index contributed by atoms with van der Waals surface area (Å²) in [6.45, 7) is 6.80.